The molecule has 4 nitrogen and oxygen atoms in total. The van der Waals surface area contributed by atoms with Gasteiger partial charge < -0.3 is 14.2 Å². The van der Waals surface area contributed by atoms with E-state index in [2.05, 4.69) is 26.1 Å². The molecule has 0 aliphatic carbocycles. The first-order chi connectivity index (χ1) is 10.3. The third-order valence-corrected chi connectivity index (χ3v) is 4.07. The number of nitrogens with one attached hydrogen (secondary N) is 1. The fraction of sp³-hybridized carbons (Fsp3) is 0.471. The number of fused-ring (bicyclic) bond motifs is 1. The predicted molar refractivity (Wildman–Crippen MR) is 93.7 cm³/mol. The molecule has 0 aliphatic rings. The van der Waals surface area contributed by atoms with E-state index >= 15 is 0 Å². The van der Waals surface area contributed by atoms with E-state index in [1.165, 1.54) is 17.3 Å². The van der Waals surface area contributed by atoms with E-state index in [9.17, 15) is 4.79 Å². The number of quaternary nitrogens is 1. The van der Waals surface area contributed by atoms with Gasteiger partial charge in [-0.2, -0.15) is 0 Å². The highest BCUT2D eigenvalue weighted by Crippen LogP contribution is 2.30. The molecule has 22 heavy (non-hydrogen) atoms. The number of nitrogens with zero attached hydrogens (tertiary/aromatic N) is 1. The highest BCUT2D eigenvalue weighted by atomic mass is 32.2. The minimum Gasteiger partial charge on any atom is -0.418 e. The molecule has 0 saturated carbocycles. The molecule has 2 rings (SSSR count). The highest BCUT2D eigenvalue weighted by molar-refractivity contribution is 8.13. The Hall–Kier alpha value is -1.46. The lowest BCUT2D eigenvalue weighted by atomic mass is 10.1. The summed E-state index contributed by atoms with van der Waals surface area (Å²) < 4.78 is 6.47. The van der Waals surface area contributed by atoms with Gasteiger partial charge in [0, 0.05) is 28.8 Å². The Morgan fingerprint density at radius 1 is 1.32 bits per heavy atom. The van der Waals surface area contributed by atoms with Gasteiger partial charge in [-0.05, 0) is 29.5 Å². The Kier molecular flexibility index (Phi) is 5.19. The average Bonchev–Trinajstić information content (AvgIpc) is 2.78. The molecule has 1 N–H and O–H groups in total. The molecule has 0 bridgehead atoms. The Balaban J connectivity index is 2.26. The number of ether oxygens (including phenoxy) is 1. The Morgan fingerprint density at radius 3 is 2.68 bits per heavy atom. The van der Waals surface area contributed by atoms with Crippen LogP contribution in [0.3, 0.4) is 0 Å². The van der Waals surface area contributed by atoms with Crippen LogP contribution in [0.25, 0.3) is 10.9 Å². The summed E-state index contributed by atoms with van der Waals surface area (Å²) in [5, 5.41) is 0.991. The van der Waals surface area contributed by atoms with Gasteiger partial charge in [-0.3, -0.25) is 0 Å². The zero-order valence-corrected chi connectivity index (χ0v) is 14.8. The zero-order valence-electron chi connectivity index (χ0n) is 14.0. The van der Waals surface area contributed by atoms with E-state index in [-0.39, 0.29) is 10.6 Å². The molecule has 1 aromatic heterocycles. The van der Waals surface area contributed by atoms with Gasteiger partial charge in [-0.15, -0.1) is 0 Å². The van der Waals surface area contributed by atoms with Gasteiger partial charge in [0.1, 0.15) is 5.75 Å². The molecule has 1 heterocycles. The molecule has 1 aromatic carbocycles. The number of carbonyl (C=O) groups excluding carboxylic acids is 1. The number of H-pyrrole nitrogens is 1. The lowest BCUT2D eigenvalue weighted by molar-refractivity contribution is -0.870. The van der Waals surface area contributed by atoms with Crippen molar-refractivity contribution >= 4 is 28.0 Å². The highest BCUT2D eigenvalue weighted by Gasteiger charge is 2.16. The van der Waals surface area contributed by atoms with Gasteiger partial charge in [0.05, 0.1) is 27.7 Å². The monoisotopic (exact) mass is 321 g/mol. The van der Waals surface area contributed by atoms with Gasteiger partial charge in [0.15, 0.2) is 0 Å². The van der Waals surface area contributed by atoms with Crippen LogP contribution in [0.2, 0.25) is 0 Å². The topological polar surface area (TPSA) is 42.1 Å². The maximum atomic E-state index is 11.9. The van der Waals surface area contributed by atoms with Crippen LogP contribution in [0.4, 0.5) is 4.79 Å². The quantitative estimate of drug-likeness (QED) is 0.667. The molecule has 0 spiro atoms. The molecule has 0 saturated heterocycles. The standard InChI is InChI=1S/C17H25N2O2S/c1-12(2)22-17(20)21-15-8-6-7-14-16(15)13(11-18-14)9-10-19(3,4)5/h6-8,11-12,18H,9-10H2,1-5H3/q+1. The number of benzene rings is 1. The van der Waals surface area contributed by atoms with Crippen LogP contribution in [0.1, 0.15) is 19.4 Å². The molecule has 2 aromatic rings. The normalized spacial score (nSPS) is 12.1. The van der Waals surface area contributed by atoms with E-state index in [1.807, 2.05) is 38.2 Å². The number of hydrogen-bond donors (Lipinski definition) is 1. The van der Waals surface area contributed by atoms with Crippen molar-refractivity contribution in [1.82, 2.24) is 4.98 Å². The van der Waals surface area contributed by atoms with Gasteiger partial charge in [-0.1, -0.05) is 19.9 Å². The van der Waals surface area contributed by atoms with Crippen molar-refractivity contribution in [3.8, 4) is 5.75 Å². The summed E-state index contributed by atoms with van der Waals surface area (Å²) in [6.07, 6.45) is 2.96. The molecule has 0 amide bonds. The molecule has 5 heteroatoms. The Labute approximate surface area is 136 Å². The first kappa shape index (κ1) is 16.9. The summed E-state index contributed by atoms with van der Waals surface area (Å²) in [4.78, 5) is 15.2. The molecule has 0 radical (unpaired) electrons. The van der Waals surface area contributed by atoms with Crippen molar-refractivity contribution in [2.45, 2.75) is 25.5 Å². The van der Waals surface area contributed by atoms with Crippen LogP contribution in [0.15, 0.2) is 24.4 Å². The SMILES string of the molecule is CC(C)SC(=O)Oc1cccc2[nH]cc(CC[N+](C)(C)C)c12. The van der Waals surface area contributed by atoms with Crippen LogP contribution in [-0.4, -0.2) is 47.7 Å². The Bertz CT molecular complexity index is 656. The lowest BCUT2D eigenvalue weighted by Crippen LogP contribution is -2.36. The van der Waals surface area contributed by atoms with Crippen molar-refractivity contribution in [1.29, 1.82) is 0 Å². The number of rotatable bonds is 5. The van der Waals surface area contributed by atoms with Crippen molar-refractivity contribution in [2.75, 3.05) is 27.7 Å². The summed E-state index contributed by atoms with van der Waals surface area (Å²) in [5.41, 5.74) is 2.21. The maximum Gasteiger partial charge on any atom is 0.372 e. The molecular formula is C17H25N2O2S+. The summed E-state index contributed by atoms with van der Waals surface area (Å²) in [5.74, 6) is 0.647. The predicted octanol–water partition coefficient (Wildman–Crippen LogP) is 4.06. The number of hydrogen-bond acceptors (Lipinski definition) is 3. The Morgan fingerprint density at radius 2 is 2.05 bits per heavy atom. The molecular weight excluding hydrogens is 296 g/mol. The van der Waals surface area contributed by atoms with Gasteiger partial charge in [0.25, 0.3) is 0 Å². The second-order valence-electron chi connectivity index (χ2n) is 6.78. The third kappa shape index (κ3) is 4.52. The summed E-state index contributed by atoms with van der Waals surface area (Å²) in [6.45, 7) is 4.99. The number of thioether (sulfide) groups is 1. The molecule has 0 fully saturated rings. The van der Waals surface area contributed by atoms with E-state index in [4.69, 9.17) is 4.74 Å². The second-order valence-corrected chi connectivity index (χ2v) is 8.29. The third-order valence-electron chi connectivity index (χ3n) is 3.33. The van der Waals surface area contributed by atoms with Crippen LogP contribution in [0, 0.1) is 0 Å². The fourth-order valence-electron chi connectivity index (χ4n) is 2.26. The van der Waals surface area contributed by atoms with Crippen molar-refractivity contribution in [2.24, 2.45) is 0 Å². The maximum absolute atomic E-state index is 11.9. The van der Waals surface area contributed by atoms with Gasteiger partial charge in [-0.25, -0.2) is 4.79 Å². The van der Waals surface area contributed by atoms with Crippen LogP contribution < -0.4 is 4.74 Å². The smallest absolute Gasteiger partial charge is 0.372 e. The lowest BCUT2D eigenvalue weighted by Gasteiger charge is -2.23. The van der Waals surface area contributed by atoms with Crippen LogP contribution >= 0.6 is 11.8 Å². The molecule has 0 unspecified atom stereocenters. The zero-order chi connectivity index (χ0) is 16.3. The second kappa shape index (κ2) is 6.75. The number of aromatic nitrogens is 1. The molecule has 0 atom stereocenters. The van der Waals surface area contributed by atoms with Gasteiger partial charge in [0.2, 0.25) is 0 Å². The van der Waals surface area contributed by atoms with Gasteiger partial charge >= 0.3 is 5.30 Å². The summed E-state index contributed by atoms with van der Waals surface area (Å²) in [7, 11) is 6.53. The largest absolute Gasteiger partial charge is 0.418 e. The number of aromatic amines is 1. The molecule has 120 valence electrons. The van der Waals surface area contributed by atoms with E-state index < -0.39 is 0 Å². The minimum absolute atomic E-state index is 0.218. The van der Waals surface area contributed by atoms with Crippen molar-refractivity contribution in [3.05, 3.63) is 30.0 Å². The first-order valence-electron chi connectivity index (χ1n) is 7.54. The van der Waals surface area contributed by atoms with Crippen LogP contribution in [-0.2, 0) is 6.42 Å². The average molecular weight is 321 g/mol. The number of carbonyl (C=O) groups is 1. The summed E-state index contributed by atoms with van der Waals surface area (Å²) in [6, 6.07) is 5.78. The molecule has 0 aliphatic heterocycles. The fourth-order valence-corrected chi connectivity index (χ4v) is 2.79. The van der Waals surface area contributed by atoms with Crippen molar-refractivity contribution < 1.29 is 14.0 Å². The van der Waals surface area contributed by atoms with E-state index in [1.54, 1.807) is 0 Å². The van der Waals surface area contributed by atoms with Crippen molar-refractivity contribution in [3.63, 3.8) is 0 Å². The first-order valence-corrected chi connectivity index (χ1v) is 8.42. The minimum atomic E-state index is -0.249. The number of likely N-dealkylation sites (N-methyl/N-ethyl adjacent to an activating group) is 1. The van der Waals surface area contributed by atoms with E-state index in [0.29, 0.717) is 5.75 Å². The van der Waals surface area contributed by atoms with E-state index in [0.717, 1.165) is 28.4 Å². The summed E-state index contributed by atoms with van der Waals surface area (Å²) >= 11 is 1.21. The van der Waals surface area contributed by atoms with Crippen LogP contribution in [0.5, 0.6) is 5.75 Å².